The molecule has 31 heteroatoms. The van der Waals surface area contributed by atoms with Crippen LogP contribution in [0.5, 0.6) is 17.2 Å². The van der Waals surface area contributed by atoms with Crippen LogP contribution in [0.3, 0.4) is 0 Å². The number of aliphatic hydroxyl groups is 7. The SMILES string of the molecule is CC(C)(C)OC(=O)O[C@H](C(=O)ON1C(=O)CCC1=O)c1ccccc1.CN1CC[C@]23c4c5ccc(CO)c4O[C@H]2C(=O)CC[C@@]3(O)[C@H]1C5.CN1CC[C@]23c4c5ccc(CO)c4O[C@H]2C(OC(=O)[C@@H](O)c2ccccc2)=CC[C@@]3(O)[C@H]1C5.CN1CC[C@]23c4c5ccc(CO)c4O[C@H]2C(OC(=O)[C@@H](OC(=O)OC(C)(C)C)c2ccccc2)=CC[C@@]3(O)[C@H]1C5.ClCCl. The van der Waals surface area contributed by atoms with Gasteiger partial charge in [-0.3, -0.25) is 14.4 Å². The van der Waals surface area contributed by atoms with E-state index in [2.05, 4.69) is 21.7 Å². The molecule has 6 bridgehead atoms. The monoisotopic (exact) mass is 1750 g/mol. The number of likely N-dealkylation sites (N-methyl/N-ethyl adjacent to an activating group) is 3. The highest BCUT2D eigenvalue weighted by Crippen LogP contribution is 2.68. The summed E-state index contributed by atoms with van der Waals surface area (Å²) < 4.78 is 51.8. The van der Waals surface area contributed by atoms with Crippen molar-refractivity contribution in [3.05, 3.63) is 218 Å². The number of nitrogens with zero attached hydrogens (tertiary/aromatic N) is 4. The van der Waals surface area contributed by atoms with E-state index in [1.54, 1.807) is 139 Å². The smallest absolute Gasteiger partial charge is 0.481 e. The Morgan fingerprint density at radius 2 is 0.815 bits per heavy atom. The number of alkyl halides is 2. The first-order chi connectivity index (χ1) is 59.0. The topological polar surface area (TPSA) is 383 Å². The summed E-state index contributed by atoms with van der Waals surface area (Å²) in [7, 11) is 6.11. The highest BCUT2D eigenvalue weighted by atomic mass is 35.5. The number of rotatable bonds is 14. The van der Waals surface area contributed by atoms with Crippen molar-refractivity contribution in [1.29, 1.82) is 0 Å². The van der Waals surface area contributed by atoms with Crippen LogP contribution in [0, 0.1) is 0 Å². The lowest BCUT2D eigenvalue weighted by atomic mass is 9.49. The molecule has 29 nitrogen and oxygen atoms in total. The van der Waals surface area contributed by atoms with E-state index >= 15 is 0 Å². The number of carbonyl (C=O) groups excluding carboxylic acids is 8. The van der Waals surface area contributed by atoms with E-state index in [1.165, 1.54) is 0 Å². The number of benzene rings is 6. The maximum absolute atomic E-state index is 13.7. The van der Waals surface area contributed by atoms with Gasteiger partial charge in [-0.05, 0) is 162 Å². The fraction of sp³-hybridized carbons (Fsp3) is 0.484. The Balaban J connectivity index is 0.000000129. The summed E-state index contributed by atoms with van der Waals surface area (Å²) in [6.45, 7) is 11.9. The Labute approximate surface area is 727 Å². The average molecular weight is 1750 g/mol. The van der Waals surface area contributed by atoms with Crippen molar-refractivity contribution < 1.29 is 122 Å². The van der Waals surface area contributed by atoms with Crippen molar-refractivity contribution in [3.8, 4) is 17.2 Å². The van der Waals surface area contributed by atoms with E-state index in [0.29, 0.717) is 101 Å². The molecular weight excluding hydrogens is 1640 g/mol. The van der Waals surface area contributed by atoms with Gasteiger partial charge >= 0.3 is 30.2 Å². The lowest BCUT2D eigenvalue weighted by molar-refractivity contribution is -0.204. The predicted octanol–water partition coefficient (Wildman–Crippen LogP) is 9.67. The molecule has 660 valence electrons. The maximum atomic E-state index is 13.7. The predicted molar refractivity (Wildman–Crippen MR) is 444 cm³/mol. The van der Waals surface area contributed by atoms with Crippen molar-refractivity contribution >= 4 is 71.0 Å². The van der Waals surface area contributed by atoms with Crippen LogP contribution in [0.25, 0.3) is 0 Å². The number of ketones is 1. The molecule has 7 aliphatic heterocycles. The second-order valence-corrected chi connectivity index (χ2v) is 36.7. The zero-order valence-corrected chi connectivity index (χ0v) is 71.9. The van der Waals surface area contributed by atoms with E-state index in [4.69, 9.17) is 70.7 Å². The fourth-order valence-corrected chi connectivity index (χ4v) is 21.4. The number of likely N-dealkylation sites (tertiary alicyclic amines) is 3. The second kappa shape index (κ2) is 34.1. The largest absolute Gasteiger partial charge is 0.510 e. The quantitative estimate of drug-likeness (QED) is 0.0231. The number of amides is 2. The first-order valence-electron chi connectivity index (χ1n) is 41.7. The third kappa shape index (κ3) is 15.1. The van der Waals surface area contributed by atoms with Gasteiger partial charge in [0.15, 0.2) is 30.2 Å². The Morgan fingerprint density at radius 1 is 0.468 bits per heavy atom. The molecule has 6 aromatic rings. The van der Waals surface area contributed by atoms with Gasteiger partial charge in [0.1, 0.15) is 40.0 Å². The van der Waals surface area contributed by atoms with Gasteiger partial charge in [0, 0.05) is 94.7 Å². The molecule has 19 rings (SSSR count). The highest BCUT2D eigenvalue weighted by molar-refractivity contribution is 6.40. The number of halogens is 2. The van der Waals surface area contributed by atoms with Crippen LogP contribution in [0.1, 0.15) is 184 Å². The lowest BCUT2D eigenvalue weighted by Crippen LogP contribution is -2.76. The average Bonchev–Trinajstić information content (AvgIpc) is 1.48. The number of hydroxylamine groups is 2. The third-order valence-electron chi connectivity index (χ3n) is 26.9. The number of esters is 2. The molecule has 0 unspecified atom stereocenters. The van der Waals surface area contributed by atoms with Crippen molar-refractivity contribution in [2.45, 2.75) is 237 Å². The van der Waals surface area contributed by atoms with Gasteiger partial charge in [-0.25, -0.2) is 24.0 Å². The molecule has 6 aliphatic carbocycles. The van der Waals surface area contributed by atoms with Gasteiger partial charge in [0.25, 0.3) is 11.8 Å². The number of aliphatic hydroxyl groups excluding tert-OH is 4. The fourth-order valence-electron chi connectivity index (χ4n) is 21.4. The van der Waals surface area contributed by atoms with E-state index in [1.807, 2.05) is 56.6 Å². The molecule has 1 saturated carbocycles. The summed E-state index contributed by atoms with van der Waals surface area (Å²) in [5.74, 6) is -1.42. The molecule has 124 heavy (non-hydrogen) atoms. The van der Waals surface area contributed by atoms with Gasteiger partial charge in [0.2, 0.25) is 12.2 Å². The summed E-state index contributed by atoms with van der Waals surface area (Å²) >= 11 is 9.53. The molecule has 7 heterocycles. The summed E-state index contributed by atoms with van der Waals surface area (Å²) in [5, 5.41) is 77.1. The van der Waals surface area contributed by atoms with Gasteiger partial charge < -0.3 is 97.9 Å². The summed E-state index contributed by atoms with van der Waals surface area (Å²) in [6, 6.07) is 36.8. The zero-order valence-electron chi connectivity index (χ0n) is 70.4. The van der Waals surface area contributed by atoms with Gasteiger partial charge in [0.05, 0.1) is 58.2 Å². The molecule has 5 fully saturated rings. The molecule has 13 aliphatic rings. The number of imide groups is 1. The van der Waals surface area contributed by atoms with Crippen LogP contribution in [0.15, 0.2) is 151 Å². The summed E-state index contributed by atoms with van der Waals surface area (Å²) in [4.78, 5) is 111. The molecule has 15 atom stereocenters. The van der Waals surface area contributed by atoms with Crippen LogP contribution in [-0.4, -0.2) is 214 Å². The Morgan fingerprint density at radius 3 is 1.19 bits per heavy atom. The third-order valence-corrected chi connectivity index (χ3v) is 26.9. The van der Waals surface area contributed by atoms with E-state index in [9.17, 15) is 74.1 Å². The molecular formula is C93H104Cl2N4O25. The molecule has 3 spiro atoms. The minimum Gasteiger partial charge on any atom is -0.481 e. The second-order valence-electron chi connectivity index (χ2n) is 35.9. The number of hydrogen-bond acceptors (Lipinski definition) is 28. The minimum absolute atomic E-state index is 0.0221. The van der Waals surface area contributed by atoms with E-state index in [0.717, 1.165) is 71.4 Å². The highest BCUT2D eigenvalue weighted by Gasteiger charge is 2.76. The van der Waals surface area contributed by atoms with Crippen LogP contribution in [0.2, 0.25) is 0 Å². The number of carbonyl (C=O) groups is 8. The van der Waals surface area contributed by atoms with E-state index < -0.39 is 123 Å². The minimum atomic E-state index is -1.47. The Bertz CT molecular complexity index is 5220. The van der Waals surface area contributed by atoms with Crippen molar-refractivity contribution in [2.75, 3.05) is 46.1 Å². The lowest BCUT2D eigenvalue weighted by Gasteiger charge is -2.62. The standard InChI is InChI=1S/C31H35NO8.C26H27NO6.C18H21NO4.C17H19NO7.CH2Cl2/c1-29(2,3)40-28(35)39-25(18-8-6-5-7-9-18)27(34)37-21-12-13-31(36)22-16-19-10-11-20(17-33)24-23(19)30(31,26(21)38-24)14-15-32(22)4;1-27-12-11-25-20-16-7-8-17(14-28)22(20)33-23(25)18(9-10-26(25,31)19(27)13-16)32-24(30)21(29)15-5-3-2-4-6-15;1-19-7-6-17-14-10-2-3-11(9-20)15(14)23-16(17)12(21)4-5-18(17,22)13(19)8-10;1-17(2,3)24-16(22)23-14(11-7-5-4-6-8-11)15(21)25-18-12(19)9-10-13(18)20;2-1-3/h5-12,22,25-26,33,36H,13-17H2,1-4H3;2-9,19,21,23,28-29,31H,10-14H2,1H3;2-3,13,16,20,22H,4-9H2,1H3;4-8,14H,9-10H2,1-3H3;1H2/t22-,25+,26+,30+,31-;19-,21+,23+,25+,26-;13-,16+,17+,18-;14-;/m1110./s1. The van der Waals surface area contributed by atoms with Gasteiger partial charge in [-0.1, -0.05) is 127 Å². The van der Waals surface area contributed by atoms with Crippen molar-refractivity contribution in [3.63, 3.8) is 0 Å². The van der Waals surface area contributed by atoms with Crippen LogP contribution >= 0.6 is 23.2 Å². The number of piperidine rings is 3. The first kappa shape index (κ1) is 89.0. The molecule has 0 aromatic heterocycles. The number of hydrogen-bond donors (Lipinski definition) is 7. The van der Waals surface area contributed by atoms with Crippen LogP contribution in [0.4, 0.5) is 9.59 Å². The molecule has 2 amide bonds. The number of ether oxygens (including phenoxy) is 9. The van der Waals surface area contributed by atoms with Crippen molar-refractivity contribution in [1.82, 2.24) is 19.8 Å². The van der Waals surface area contributed by atoms with Crippen LogP contribution < -0.4 is 14.2 Å². The van der Waals surface area contributed by atoms with Crippen LogP contribution in [-0.2, 0) is 117 Å². The molecule has 7 N–H and O–H groups in total. The van der Waals surface area contributed by atoms with E-state index in [-0.39, 0.29) is 74.1 Å². The molecule has 0 radical (unpaired) electrons. The molecule has 4 saturated heterocycles. The Hall–Kier alpha value is -9.86. The summed E-state index contributed by atoms with van der Waals surface area (Å²) in [6.07, 6.45) is 0.462. The Kier molecular flexibility index (Phi) is 24.5. The maximum Gasteiger partial charge on any atom is 0.510 e. The van der Waals surface area contributed by atoms with Gasteiger partial charge in [-0.15, -0.1) is 28.3 Å². The normalized spacial score (nSPS) is 28.9. The number of Topliss-reactive ketones (excluding diaryl/α,β-unsaturated/α-hetero) is 1. The zero-order chi connectivity index (χ0) is 88.7. The summed E-state index contributed by atoms with van der Waals surface area (Å²) in [5.41, 5.74) is 2.34. The van der Waals surface area contributed by atoms with Crippen molar-refractivity contribution in [2.24, 2.45) is 0 Å². The molecule has 6 aromatic carbocycles. The van der Waals surface area contributed by atoms with Gasteiger partial charge in [-0.2, -0.15) is 0 Å². The first-order valence-corrected chi connectivity index (χ1v) is 42.8.